The molecule has 3 N–H and O–H groups in total. The summed E-state index contributed by atoms with van der Waals surface area (Å²) in [4.78, 5) is 14.2. The average molecular weight is 259 g/mol. The van der Waals surface area contributed by atoms with Crippen LogP contribution < -0.4 is 16.0 Å². The van der Waals surface area contributed by atoms with Crippen LogP contribution in [0.5, 0.6) is 0 Å². The summed E-state index contributed by atoms with van der Waals surface area (Å²) in [7, 11) is 0. The van der Waals surface area contributed by atoms with Crippen LogP contribution in [-0.2, 0) is 11.3 Å². The molecule has 0 bridgehead atoms. The lowest BCUT2D eigenvalue weighted by Gasteiger charge is -2.39. The Balaban J connectivity index is 1.97. The molecule has 2 heterocycles. The van der Waals surface area contributed by atoms with Crippen LogP contribution in [0.15, 0.2) is 18.2 Å². The predicted molar refractivity (Wildman–Crippen MR) is 75.9 cm³/mol. The third kappa shape index (κ3) is 2.10. The van der Waals surface area contributed by atoms with E-state index in [1.54, 1.807) is 0 Å². The molecular weight excluding hydrogens is 238 g/mol. The molecule has 0 saturated carbocycles. The van der Waals surface area contributed by atoms with Crippen LogP contribution in [0.4, 0.5) is 5.69 Å². The molecule has 2 atom stereocenters. The van der Waals surface area contributed by atoms with Gasteiger partial charge in [-0.25, -0.2) is 0 Å². The van der Waals surface area contributed by atoms with Gasteiger partial charge in [-0.15, -0.1) is 0 Å². The van der Waals surface area contributed by atoms with Gasteiger partial charge in [0.15, 0.2) is 0 Å². The van der Waals surface area contributed by atoms with Crippen LogP contribution >= 0.6 is 0 Å². The number of carbonyl (C=O) groups excluding carboxylic acids is 1. The molecule has 2 aliphatic rings. The van der Waals surface area contributed by atoms with Gasteiger partial charge in [0.1, 0.15) is 0 Å². The van der Waals surface area contributed by atoms with Crippen LogP contribution in [0.25, 0.3) is 0 Å². The van der Waals surface area contributed by atoms with Gasteiger partial charge in [0, 0.05) is 25.3 Å². The van der Waals surface area contributed by atoms with Gasteiger partial charge in [-0.1, -0.05) is 12.1 Å². The zero-order chi connectivity index (χ0) is 13.4. The van der Waals surface area contributed by atoms with Crippen LogP contribution in [0.2, 0.25) is 0 Å². The number of anilines is 1. The molecule has 1 aromatic carbocycles. The fourth-order valence-corrected chi connectivity index (χ4v) is 3.36. The molecule has 102 valence electrons. The second-order valence-electron chi connectivity index (χ2n) is 5.59. The number of nitrogens with two attached hydrogens (primary N) is 1. The van der Waals surface area contributed by atoms with Crippen molar-refractivity contribution in [3.8, 4) is 0 Å². The van der Waals surface area contributed by atoms with Crippen LogP contribution in [0.1, 0.15) is 24.0 Å². The van der Waals surface area contributed by atoms with E-state index in [4.69, 9.17) is 5.73 Å². The van der Waals surface area contributed by atoms with Gasteiger partial charge in [0.05, 0.1) is 12.0 Å². The number of amides is 1. The zero-order valence-electron chi connectivity index (χ0n) is 11.4. The molecule has 3 rings (SSSR count). The van der Waals surface area contributed by atoms with Crippen molar-refractivity contribution in [2.75, 3.05) is 18.0 Å². The summed E-state index contributed by atoms with van der Waals surface area (Å²) < 4.78 is 0. The third-order valence-electron chi connectivity index (χ3n) is 4.37. The highest BCUT2D eigenvalue weighted by atomic mass is 16.2. The van der Waals surface area contributed by atoms with E-state index in [0.717, 1.165) is 25.9 Å². The second-order valence-corrected chi connectivity index (χ2v) is 5.59. The maximum absolute atomic E-state index is 11.8. The van der Waals surface area contributed by atoms with E-state index in [2.05, 4.69) is 35.3 Å². The molecule has 4 nitrogen and oxygen atoms in total. The first kappa shape index (κ1) is 12.5. The number of carbonyl (C=O) groups is 1. The number of nitrogens with one attached hydrogen (secondary N) is 1. The number of piperidine rings is 1. The highest BCUT2D eigenvalue weighted by molar-refractivity contribution is 5.83. The summed E-state index contributed by atoms with van der Waals surface area (Å²) in [6, 6.07) is 6.71. The molecule has 2 saturated heterocycles. The second kappa shape index (κ2) is 4.85. The lowest BCUT2D eigenvalue weighted by Crippen LogP contribution is -2.46. The number of nitrogens with zero attached hydrogens (tertiary/aromatic N) is 1. The number of aryl methyl sites for hydroxylation is 1. The monoisotopic (exact) mass is 259 g/mol. The van der Waals surface area contributed by atoms with Crippen molar-refractivity contribution in [3.63, 3.8) is 0 Å². The van der Waals surface area contributed by atoms with Gasteiger partial charge in [-0.3, -0.25) is 4.79 Å². The summed E-state index contributed by atoms with van der Waals surface area (Å²) in [5.41, 5.74) is 9.49. The van der Waals surface area contributed by atoms with Crippen LogP contribution in [-0.4, -0.2) is 25.0 Å². The summed E-state index contributed by atoms with van der Waals surface area (Å²) in [6.07, 6.45) is 2.09. The van der Waals surface area contributed by atoms with Crippen LogP contribution in [0, 0.1) is 12.8 Å². The van der Waals surface area contributed by atoms with Crippen molar-refractivity contribution >= 4 is 11.6 Å². The van der Waals surface area contributed by atoms with Gasteiger partial charge >= 0.3 is 0 Å². The van der Waals surface area contributed by atoms with E-state index in [1.807, 2.05) is 0 Å². The number of hydrogen-bond acceptors (Lipinski definition) is 3. The van der Waals surface area contributed by atoms with Gasteiger partial charge in [-0.05, 0) is 37.0 Å². The summed E-state index contributed by atoms with van der Waals surface area (Å²) >= 11 is 0. The Labute approximate surface area is 114 Å². The van der Waals surface area contributed by atoms with Gasteiger partial charge in [0.2, 0.25) is 5.91 Å². The predicted octanol–water partition coefficient (Wildman–Crippen LogP) is 1.17. The topological polar surface area (TPSA) is 58.4 Å². The molecule has 1 aromatic rings. The van der Waals surface area contributed by atoms with E-state index in [0.29, 0.717) is 12.6 Å². The van der Waals surface area contributed by atoms with E-state index in [9.17, 15) is 4.79 Å². The highest BCUT2D eigenvalue weighted by Gasteiger charge is 2.41. The fraction of sp³-hybridized carbons (Fsp3) is 0.533. The molecule has 4 heteroatoms. The molecule has 0 radical (unpaired) electrons. The van der Waals surface area contributed by atoms with Crippen molar-refractivity contribution in [2.45, 2.75) is 32.4 Å². The van der Waals surface area contributed by atoms with Gasteiger partial charge < -0.3 is 16.0 Å². The zero-order valence-corrected chi connectivity index (χ0v) is 11.4. The first-order valence-corrected chi connectivity index (χ1v) is 7.04. The standard InChI is InChI=1S/C15H21N3O/c1-10-4-5-11(8-16)13(7-10)18-6-2-3-12-14(18)9-17-15(12)19/h4-5,7,12,14H,2-3,6,8-9,16H2,1H3,(H,17,19). The Hall–Kier alpha value is -1.55. The normalized spacial score (nSPS) is 26.2. The van der Waals surface area contributed by atoms with Gasteiger partial charge in [0.25, 0.3) is 0 Å². The smallest absolute Gasteiger partial charge is 0.225 e. The number of benzene rings is 1. The molecule has 0 aliphatic carbocycles. The molecule has 2 aliphatic heterocycles. The molecule has 1 amide bonds. The van der Waals surface area contributed by atoms with Gasteiger partial charge in [-0.2, -0.15) is 0 Å². The van der Waals surface area contributed by atoms with Crippen molar-refractivity contribution in [1.29, 1.82) is 0 Å². The maximum Gasteiger partial charge on any atom is 0.225 e. The average Bonchev–Trinajstić information content (AvgIpc) is 2.81. The molecular formula is C15H21N3O. The van der Waals surface area contributed by atoms with E-state index in [1.165, 1.54) is 16.8 Å². The van der Waals surface area contributed by atoms with Crippen molar-refractivity contribution in [2.24, 2.45) is 11.7 Å². The Morgan fingerprint density at radius 3 is 3.11 bits per heavy atom. The molecule has 2 unspecified atom stereocenters. The van der Waals surface area contributed by atoms with Crippen LogP contribution in [0.3, 0.4) is 0 Å². The Morgan fingerprint density at radius 2 is 2.32 bits per heavy atom. The Morgan fingerprint density at radius 1 is 1.47 bits per heavy atom. The highest BCUT2D eigenvalue weighted by Crippen LogP contribution is 2.33. The van der Waals surface area contributed by atoms with Crippen molar-refractivity contribution < 1.29 is 4.79 Å². The summed E-state index contributed by atoms with van der Waals surface area (Å²) in [5, 5.41) is 3.00. The quantitative estimate of drug-likeness (QED) is 0.838. The third-order valence-corrected chi connectivity index (χ3v) is 4.37. The van der Waals surface area contributed by atoms with E-state index < -0.39 is 0 Å². The number of rotatable bonds is 2. The van der Waals surface area contributed by atoms with Crippen molar-refractivity contribution in [1.82, 2.24) is 5.32 Å². The number of fused-ring (bicyclic) bond motifs is 1. The Kier molecular flexibility index (Phi) is 3.19. The van der Waals surface area contributed by atoms with E-state index in [-0.39, 0.29) is 11.8 Å². The van der Waals surface area contributed by atoms with E-state index >= 15 is 0 Å². The lowest BCUT2D eigenvalue weighted by atomic mass is 9.90. The molecule has 19 heavy (non-hydrogen) atoms. The number of hydrogen-bond donors (Lipinski definition) is 2. The SMILES string of the molecule is Cc1ccc(CN)c(N2CCCC3C(=O)NCC32)c1. The summed E-state index contributed by atoms with van der Waals surface area (Å²) in [6.45, 7) is 4.43. The van der Waals surface area contributed by atoms with Crippen molar-refractivity contribution in [3.05, 3.63) is 29.3 Å². The Bertz CT molecular complexity index is 500. The molecule has 0 aromatic heterocycles. The molecule has 0 spiro atoms. The maximum atomic E-state index is 11.8. The molecule has 2 fully saturated rings. The first-order chi connectivity index (χ1) is 9.20. The summed E-state index contributed by atoms with van der Waals surface area (Å²) in [5.74, 6) is 0.372. The largest absolute Gasteiger partial charge is 0.366 e. The fourth-order valence-electron chi connectivity index (χ4n) is 3.36. The minimum absolute atomic E-state index is 0.153. The minimum Gasteiger partial charge on any atom is -0.366 e. The lowest BCUT2D eigenvalue weighted by molar-refractivity contribution is -0.122. The first-order valence-electron chi connectivity index (χ1n) is 7.04. The minimum atomic E-state index is 0.153.